The van der Waals surface area contributed by atoms with E-state index in [2.05, 4.69) is 0 Å². The normalized spacial score (nSPS) is 18.6. The summed E-state index contributed by atoms with van der Waals surface area (Å²) in [5, 5.41) is 10.4. The molecule has 1 N–H and O–H groups in total. The first kappa shape index (κ1) is 20.7. The predicted octanol–water partition coefficient (Wildman–Crippen LogP) is 4.66. The van der Waals surface area contributed by atoms with Crippen molar-refractivity contribution in [3.63, 3.8) is 0 Å². The summed E-state index contributed by atoms with van der Waals surface area (Å²) in [6.07, 6.45) is 0. The van der Waals surface area contributed by atoms with Crippen LogP contribution in [0.15, 0.2) is 24.3 Å². The minimum atomic E-state index is 0.0191. The van der Waals surface area contributed by atoms with Crippen molar-refractivity contribution >= 4 is 23.5 Å². The van der Waals surface area contributed by atoms with Gasteiger partial charge in [-0.3, -0.25) is 0 Å². The van der Waals surface area contributed by atoms with Gasteiger partial charge < -0.3 is 28.8 Å². The van der Waals surface area contributed by atoms with Crippen LogP contribution in [0.25, 0.3) is 0 Å². The number of methoxy groups -OCH3 is 5. The Hall–Kier alpha value is -2.06. The molecule has 0 amide bonds. The van der Waals surface area contributed by atoms with Crippen molar-refractivity contribution in [1.82, 2.24) is 0 Å². The average molecular weight is 425 g/mol. The Labute approximate surface area is 173 Å². The molecule has 2 aromatic carbocycles. The van der Waals surface area contributed by atoms with E-state index in [4.69, 9.17) is 23.7 Å². The largest absolute Gasteiger partial charge is 0.502 e. The molecule has 6 nitrogen and oxygen atoms in total. The molecule has 1 aliphatic heterocycles. The van der Waals surface area contributed by atoms with E-state index in [9.17, 15) is 5.11 Å². The van der Waals surface area contributed by atoms with Gasteiger partial charge in [-0.05, 0) is 35.4 Å². The highest BCUT2D eigenvalue weighted by molar-refractivity contribution is 8.19. The minimum Gasteiger partial charge on any atom is -0.502 e. The molecule has 2 atom stereocenters. The van der Waals surface area contributed by atoms with Gasteiger partial charge in [0, 0.05) is 11.0 Å². The number of hydrogen-bond donors (Lipinski definition) is 1. The summed E-state index contributed by atoms with van der Waals surface area (Å²) in [6.45, 7) is 0. The van der Waals surface area contributed by atoms with Gasteiger partial charge in [0.2, 0.25) is 11.5 Å². The lowest BCUT2D eigenvalue weighted by atomic mass is 10.1. The summed E-state index contributed by atoms with van der Waals surface area (Å²) in [7, 11) is 7.91. The van der Waals surface area contributed by atoms with E-state index in [1.54, 1.807) is 21.3 Å². The SMILES string of the molecule is COc1cc([C@@H]2CS[C@@H](c3cc(OC)c(OC)c(OC)c3)S2)cc(OC)c1O. The van der Waals surface area contributed by atoms with Gasteiger partial charge in [0.1, 0.15) is 0 Å². The fourth-order valence-corrected chi connectivity index (χ4v) is 6.35. The van der Waals surface area contributed by atoms with Gasteiger partial charge in [0.25, 0.3) is 0 Å². The van der Waals surface area contributed by atoms with E-state index in [1.807, 2.05) is 47.8 Å². The molecule has 1 saturated heterocycles. The molecule has 2 aromatic rings. The Balaban J connectivity index is 1.88. The number of phenolic OH excluding ortho intramolecular Hbond substituents is 1. The van der Waals surface area contributed by atoms with Gasteiger partial charge in [-0.15, -0.1) is 23.5 Å². The van der Waals surface area contributed by atoms with Crippen LogP contribution in [0.5, 0.6) is 34.5 Å². The van der Waals surface area contributed by atoms with Crippen LogP contribution in [0, 0.1) is 0 Å². The molecule has 0 aromatic heterocycles. The van der Waals surface area contributed by atoms with Crippen LogP contribution in [0.4, 0.5) is 0 Å². The number of aromatic hydroxyl groups is 1. The number of phenols is 1. The minimum absolute atomic E-state index is 0.0191. The summed E-state index contributed by atoms with van der Waals surface area (Å²) in [5.41, 5.74) is 2.16. The molecule has 0 spiro atoms. The number of hydrogen-bond acceptors (Lipinski definition) is 8. The summed E-state index contributed by atoms with van der Waals surface area (Å²) >= 11 is 3.68. The van der Waals surface area contributed by atoms with Gasteiger partial charge >= 0.3 is 0 Å². The van der Waals surface area contributed by atoms with Crippen molar-refractivity contribution in [2.45, 2.75) is 9.83 Å². The molecule has 0 saturated carbocycles. The van der Waals surface area contributed by atoms with Crippen molar-refractivity contribution < 1.29 is 28.8 Å². The third kappa shape index (κ3) is 3.89. The van der Waals surface area contributed by atoms with Crippen molar-refractivity contribution in [3.05, 3.63) is 35.4 Å². The van der Waals surface area contributed by atoms with Gasteiger partial charge in [0.05, 0.1) is 40.1 Å². The molecule has 0 radical (unpaired) electrons. The second-order valence-corrected chi connectivity index (χ2v) is 8.77. The van der Waals surface area contributed by atoms with E-state index in [-0.39, 0.29) is 15.6 Å². The Bertz CT molecular complexity index is 791. The van der Waals surface area contributed by atoms with Gasteiger partial charge in [0.15, 0.2) is 23.0 Å². The van der Waals surface area contributed by atoms with E-state index in [0.29, 0.717) is 28.7 Å². The van der Waals surface area contributed by atoms with Gasteiger partial charge in [-0.25, -0.2) is 0 Å². The van der Waals surface area contributed by atoms with Crippen molar-refractivity contribution in [2.75, 3.05) is 41.3 Å². The molecule has 1 heterocycles. The predicted molar refractivity (Wildman–Crippen MR) is 113 cm³/mol. The number of rotatable bonds is 7. The standard InChI is InChI=1S/C20H24O6S2/c1-22-13-6-11(7-14(23-2)18(13)21)17-10-27-20(28-17)12-8-15(24-3)19(26-5)16(9-12)25-4/h6-9,17,20-21H,10H2,1-5H3/t17-,20+/m0/s1. The highest BCUT2D eigenvalue weighted by atomic mass is 32.2. The summed E-state index contributed by atoms with van der Waals surface area (Å²) < 4.78 is 27.2. The molecular formula is C20H24O6S2. The van der Waals surface area contributed by atoms with Gasteiger partial charge in [-0.2, -0.15) is 0 Å². The zero-order valence-corrected chi connectivity index (χ0v) is 18.1. The summed E-state index contributed by atoms with van der Waals surface area (Å²) in [4.78, 5) is 0. The Morgan fingerprint density at radius 2 is 1.25 bits per heavy atom. The monoisotopic (exact) mass is 424 g/mol. The first-order chi connectivity index (χ1) is 13.6. The van der Waals surface area contributed by atoms with Crippen LogP contribution in [0.1, 0.15) is 21.0 Å². The average Bonchev–Trinajstić information content (AvgIpc) is 3.23. The topological polar surface area (TPSA) is 66.4 Å². The fourth-order valence-electron chi connectivity index (χ4n) is 3.09. The maximum absolute atomic E-state index is 10.1. The smallest absolute Gasteiger partial charge is 0.203 e. The molecule has 28 heavy (non-hydrogen) atoms. The van der Waals surface area contributed by atoms with E-state index < -0.39 is 0 Å². The number of ether oxygens (including phenoxy) is 5. The molecule has 0 unspecified atom stereocenters. The highest BCUT2D eigenvalue weighted by Gasteiger charge is 2.31. The quantitative estimate of drug-likeness (QED) is 0.689. The number of benzene rings is 2. The molecule has 1 aliphatic rings. The molecule has 3 rings (SSSR count). The van der Waals surface area contributed by atoms with Crippen LogP contribution >= 0.6 is 23.5 Å². The summed E-state index contributed by atoms with van der Waals surface area (Å²) in [5.74, 6) is 3.65. The first-order valence-electron chi connectivity index (χ1n) is 8.58. The van der Waals surface area contributed by atoms with Crippen LogP contribution < -0.4 is 23.7 Å². The lowest BCUT2D eigenvalue weighted by Gasteiger charge is -2.17. The maximum atomic E-state index is 10.1. The van der Waals surface area contributed by atoms with E-state index >= 15 is 0 Å². The number of thioether (sulfide) groups is 2. The Morgan fingerprint density at radius 1 is 0.750 bits per heavy atom. The molecule has 8 heteroatoms. The maximum Gasteiger partial charge on any atom is 0.203 e. The van der Waals surface area contributed by atoms with Crippen LogP contribution in [0.3, 0.4) is 0 Å². The lowest BCUT2D eigenvalue weighted by molar-refractivity contribution is 0.324. The zero-order valence-electron chi connectivity index (χ0n) is 16.5. The van der Waals surface area contributed by atoms with Gasteiger partial charge in [-0.1, -0.05) is 0 Å². The molecular weight excluding hydrogens is 400 g/mol. The third-order valence-corrected chi connectivity index (χ3v) is 7.86. The fraction of sp³-hybridized carbons (Fsp3) is 0.400. The second kappa shape index (κ2) is 8.96. The van der Waals surface area contributed by atoms with Crippen molar-refractivity contribution in [3.8, 4) is 34.5 Å². The van der Waals surface area contributed by atoms with Crippen LogP contribution in [-0.2, 0) is 0 Å². The van der Waals surface area contributed by atoms with Crippen molar-refractivity contribution in [2.24, 2.45) is 0 Å². The molecule has 0 aliphatic carbocycles. The zero-order chi connectivity index (χ0) is 20.3. The van der Waals surface area contributed by atoms with Crippen LogP contribution in [0.2, 0.25) is 0 Å². The molecule has 1 fully saturated rings. The third-order valence-electron chi connectivity index (χ3n) is 4.52. The Morgan fingerprint density at radius 3 is 1.71 bits per heavy atom. The van der Waals surface area contributed by atoms with Crippen LogP contribution in [-0.4, -0.2) is 46.4 Å². The Kier molecular flexibility index (Phi) is 6.61. The molecule has 152 valence electrons. The summed E-state index contributed by atoms with van der Waals surface area (Å²) in [6, 6.07) is 7.72. The second-order valence-electron chi connectivity index (χ2n) is 6.02. The van der Waals surface area contributed by atoms with Crippen molar-refractivity contribution in [1.29, 1.82) is 0 Å². The lowest BCUT2D eigenvalue weighted by Crippen LogP contribution is -1.98. The van der Waals surface area contributed by atoms with E-state index in [1.165, 1.54) is 14.2 Å². The van der Waals surface area contributed by atoms with E-state index in [0.717, 1.165) is 16.9 Å². The molecule has 0 bridgehead atoms. The first-order valence-corrected chi connectivity index (χ1v) is 10.6. The highest BCUT2D eigenvalue weighted by Crippen LogP contribution is 2.58.